The molecule has 2 aromatic carbocycles. The number of fused-ring (bicyclic) bond motifs is 1. The van der Waals surface area contributed by atoms with Crippen LogP contribution in [-0.2, 0) is 22.6 Å². The Morgan fingerprint density at radius 3 is 2.94 bits per heavy atom. The van der Waals surface area contributed by atoms with Gasteiger partial charge in [0.25, 0.3) is 0 Å². The first-order chi connectivity index (χ1) is 15.1. The van der Waals surface area contributed by atoms with Crippen LogP contribution in [0.25, 0.3) is 0 Å². The molecule has 5 rings (SSSR count). The predicted octanol–water partition coefficient (Wildman–Crippen LogP) is 2.75. The van der Waals surface area contributed by atoms with Crippen molar-refractivity contribution in [1.82, 2.24) is 9.55 Å². The second-order valence-corrected chi connectivity index (χ2v) is 8.01. The third-order valence-electron chi connectivity index (χ3n) is 5.99. The summed E-state index contributed by atoms with van der Waals surface area (Å²) in [6.45, 7) is 1.73. The van der Waals surface area contributed by atoms with Crippen LogP contribution in [0.2, 0.25) is 0 Å². The van der Waals surface area contributed by atoms with Gasteiger partial charge in [-0.05, 0) is 41.8 Å². The van der Waals surface area contributed by atoms with Crippen LogP contribution in [0.15, 0.2) is 61.2 Å². The molecule has 31 heavy (non-hydrogen) atoms. The zero-order valence-corrected chi connectivity index (χ0v) is 16.9. The first kappa shape index (κ1) is 19.1. The van der Waals surface area contributed by atoms with Gasteiger partial charge in [0.1, 0.15) is 0 Å². The summed E-state index contributed by atoms with van der Waals surface area (Å²) in [4.78, 5) is 33.4. The zero-order chi connectivity index (χ0) is 21.4. The second kappa shape index (κ2) is 7.73. The SMILES string of the molecule is N#Cc1cccc(N2C[C@@H](C(=O)N3CCc4cc(Cn5ccnc5)ccc43)CC2=O)c1. The Kier molecular flexibility index (Phi) is 4.75. The summed E-state index contributed by atoms with van der Waals surface area (Å²) in [6, 6.07) is 15.3. The third kappa shape index (κ3) is 3.57. The fourth-order valence-corrected chi connectivity index (χ4v) is 4.46. The van der Waals surface area contributed by atoms with Gasteiger partial charge in [-0.15, -0.1) is 0 Å². The fourth-order valence-electron chi connectivity index (χ4n) is 4.46. The molecule has 7 heteroatoms. The van der Waals surface area contributed by atoms with Crippen LogP contribution in [-0.4, -0.2) is 34.5 Å². The number of amides is 2. The van der Waals surface area contributed by atoms with Crippen LogP contribution < -0.4 is 9.80 Å². The normalized spacial score (nSPS) is 17.6. The molecule has 2 aliphatic rings. The van der Waals surface area contributed by atoms with E-state index in [4.69, 9.17) is 5.26 Å². The van der Waals surface area contributed by atoms with Crippen molar-refractivity contribution in [2.24, 2.45) is 5.92 Å². The van der Waals surface area contributed by atoms with Gasteiger partial charge in [0.15, 0.2) is 0 Å². The standard InChI is InChI=1S/C24H21N5O2/c25-13-17-2-1-3-21(11-17)29-15-20(12-23(29)30)24(31)28-8-6-19-10-18(4-5-22(19)28)14-27-9-7-26-16-27/h1-5,7,9-11,16,20H,6,8,12,14-15H2/t20-/m0/s1. The third-order valence-corrected chi connectivity index (χ3v) is 5.99. The number of imidazole rings is 1. The van der Waals surface area contributed by atoms with E-state index in [0.717, 1.165) is 24.2 Å². The number of benzene rings is 2. The van der Waals surface area contributed by atoms with Crippen LogP contribution >= 0.6 is 0 Å². The second-order valence-electron chi connectivity index (χ2n) is 8.01. The molecule has 7 nitrogen and oxygen atoms in total. The number of hydrogen-bond donors (Lipinski definition) is 0. The fraction of sp³-hybridized carbons (Fsp3) is 0.250. The highest BCUT2D eigenvalue weighted by molar-refractivity contribution is 6.05. The lowest BCUT2D eigenvalue weighted by Crippen LogP contribution is -2.36. The summed E-state index contributed by atoms with van der Waals surface area (Å²) >= 11 is 0. The average molecular weight is 411 g/mol. The molecule has 0 unspecified atom stereocenters. The molecule has 0 bridgehead atoms. The maximum Gasteiger partial charge on any atom is 0.232 e. The molecule has 0 spiro atoms. The van der Waals surface area contributed by atoms with Crippen molar-refractivity contribution in [3.05, 3.63) is 77.9 Å². The number of carbonyl (C=O) groups is 2. The Morgan fingerprint density at radius 2 is 2.13 bits per heavy atom. The van der Waals surface area contributed by atoms with E-state index in [1.807, 2.05) is 27.8 Å². The molecule has 1 fully saturated rings. The van der Waals surface area contributed by atoms with E-state index in [0.29, 0.717) is 24.3 Å². The maximum absolute atomic E-state index is 13.3. The molecule has 2 aliphatic heterocycles. The molecule has 0 saturated carbocycles. The van der Waals surface area contributed by atoms with Gasteiger partial charge in [-0.1, -0.05) is 18.2 Å². The molecule has 154 valence electrons. The van der Waals surface area contributed by atoms with Crippen molar-refractivity contribution in [3.8, 4) is 6.07 Å². The molecule has 1 atom stereocenters. The Hall–Kier alpha value is -3.92. The summed E-state index contributed by atoms with van der Waals surface area (Å²) in [5, 5.41) is 9.12. The molecular formula is C24H21N5O2. The molecule has 0 N–H and O–H groups in total. The highest BCUT2D eigenvalue weighted by Crippen LogP contribution is 2.33. The lowest BCUT2D eigenvalue weighted by molar-refractivity contribution is -0.124. The average Bonchev–Trinajstić information content (AvgIpc) is 3.53. The number of nitrogens with zero attached hydrogens (tertiary/aromatic N) is 5. The molecule has 0 aliphatic carbocycles. The highest BCUT2D eigenvalue weighted by atomic mass is 16.2. The Bertz CT molecular complexity index is 1190. The Balaban J connectivity index is 1.31. The summed E-state index contributed by atoms with van der Waals surface area (Å²) < 4.78 is 2.01. The quantitative estimate of drug-likeness (QED) is 0.661. The highest BCUT2D eigenvalue weighted by Gasteiger charge is 2.39. The Morgan fingerprint density at radius 1 is 1.23 bits per heavy atom. The first-order valence-electron chi connectivity index (χ1n) is 10.3. The topological polar surface area (TPSA) is 82.2 Å². The van der Waals surface area contributed by atoms with Gasteiger partial charge in [0, 0.05) is 49.8 Å². The van der Waals surface area contributed by atoms with Crippen LogP contribution in [0.1, 0.15) is 23.1 Å². The molecular weight excluding hydrogens is 390 g/mol. The minimum absolute atomic E-state index is 0.00611. The van der Waals surface area contributed by atoms with E-state index < -0.39 is 0 Å². The van der Waals surface area contributed by atoms with Crippen molar-refractivity contribution in [1.29, 1.82) is 5.26 Å². The van der Waals surface area contributed by atoms with Gasteiger partial charge >= 0.3 is 0 Å². The van der Waals surface area contributed by atoms with Crippen molar-refractivity contribution in [3.63, 3.8) is 0 Å². The predicted molar refractivity (Wildman–Crippen MR) is 115 cm³/mol. The largest absolute Gasteiger partial charge is 0.333 e. The van der Waals surface area contributed by atoms with Crippen LogP contribution in [0.4, 0.5) is 11.4 Å². The van der Waals surface area contributed by atoms with Gasteiger partial charge in [-0.25, -0.2) is 4.98 Å². The summed E-state index contributed by atoms with van der Waals surface area (Å²) in [7, 11) is 0. The molecule has 0 radical (unpaired) electrons. The lowest BCUT2D eigenvalue weighted by atomic mass is 10.1. The van der Waals surface area contributed by atoms with Crippen LogP contribution in [0.5, 0.6) is 0 Å². The minimum Gasteiger partial charge on any atom is -0.333 e. The number of nitriles is 1. The van der Waals surface area contributed by atoms with Crippen molar-refractivity contribution >= 4 is 23.2 Å². The van der Waals surface area contributed by atoms with Crippen molar-refractivity contribution in [2.75, 3.05) is 22.9 Å². The molecule has 2 amide bonds. The lowest BCUT2D eigenvalue weighted by Gasteiger charge is -2.22. The molecule has 3 aromatic rings. The van der Waals surface area contributed by atoms with Gasteiger partial charge in [-0.3, -0.25) is 9.59 Å². The van der Waals surface area contributed by atoms with Crippen molar-refractivity contribution < 1.29 is 9.59 Å². The van der Waals surface area contributed by atoms with Gasteiger partial charge in [0.05, 0.1) is 23.9 Å². The van der Waals surface area contributed by atoms with Crippen molar-refractivity contribution in [2.45, 2.75) is 19.4 Å². The Labute approximate surface area is 180 Å². The molecule has 1 saturated heterocycles. The summed E-state index contributed by atoms with van der Waals surface area (Å²) in [5.41, 5.74) is 4.45. The van der Waals surface area contributed by atoms with E-state index >= 15 is 0 Å². The van der Waals surface area contributed by atoms with E-state index in [1.54, 1.807) is 41.7 Å². The van der Waals surface area contributed by atoms with Gasteiger partial charge in [-0.2, -0.15) is 5.26 Å². The number of rotatable bonds is 4. The van der Waals surface area contributed by atoms with E-state index in [2.05, 4.69) is 17.1 Å². The smallest absolute Gasteiger partial charge is 0.232 e. The maximum atomic E-state index is 13.3. The number of carbonyl (C=O) groups excluding carboxylic acids is 2. The molecule has 3 heterocycles. The van der Waals surface area contributed by atoms with Gasteiger partial charge < -0.3 is 14.4 Å². The number of aromatic nitrogens is 2. The van der Waals surface area contributed by atoms with Crippen LogP contribution in [0.3, 0.4) is 0 Å². The van der Waals surface area contributed by atoms with Crippen LogP contribution in [0, 0.1) is 17.2 Å². The summed E-state index contributed by atoms with van der Waals surface area (Å²) in [5.74, 6) is -0.466. The molecule has 1 aromatic heterocycles. The van der Waals surface area contributed by atoms with E-state index in [-0.39, 0.29) is 24.2 Å². The number of hydrogen-bond acceptors (Lipinski definition) is 4. The monoisotopic (exact) mass is 411 g/mol. The summed E-state index contributed by atoms with van der Waals surface area (Å²) in [6.07, 6.45) is 6.49. The first-order valence-corrected chi connectivity index (χ1v) is 10.3. The zero-order valence-electron chi connectivity index (χ0n) is 16.9. The number of anilines is 2. The van der Waals surface area contributed by atoms with E-state index in [1.165, 1.54) is 5.56 Å². The van der Waals surface area contributed by atoms with Gasteiger partial charge in [0.2, 0.25) is 11.8 Å². The van der Waals surface area contributed by atoms with E-state index in [9.17, 15) is 9.59 Å². The minimum atomic E-state index is -0.380.